The third-order valence-electron chi connectivity index (χ3n) is 2.67. The summed E-state index contributed by atoms with van der Waals surface area (Å²) < 4.78 is 81.2. The minimum Gasteiger partial charge on any atom is -0.373 e. The summed E-state index contributed by atoms with van der Waals surface area (Å²) in [5.41, 5.74) is -0.908. The first-order chi connectivity index (χ1) is 8.77. The molecule has 0 radical (unpaired) electrons. The number of nitrogens with zero attached hydrogens (tertiary/aromatic N) is 1. The highest BCUT2D eigenvalue weighted by molar-refractivity contribution is 5.89. The maximum absolute atomic E-state index is 14.0. The van der Waals surface area contributed by atoms with E-state index in [1.54, 1.807) is 0 Å². The third kappa shape index (κ3) is 1.80. The molecule has 0 atom stereocenters. The summed E-state index contributed by atoms with van der Waals surface area (Å²) >= 11 is 0. The van der Waals surface area contributed by atoms with E-state index in [-0.39, 0.29) is 6.07 Å². The Hall–Kier alpha value is -1.92. The summed E-state index contributed by atoms with van der Waals surface area (Å²) in [6, 6.07) is 0.0367. The van der Waals surface area contributed by atoms with E-state index in [2.05, 4.69) is 0 Å². The van der Waals surface area contributed by atoms with Gasteiger partial charge in [0.05, 0.1) is 10.8 Å². The lowest BCUT2D eigenvalue weighted by atomic mass is 10.1. The van der Waals surface area contributed by atoms with Crippen molar-refractivity contribution in [2.75, 3.05) is 19.0 Å². The van der Waals surface area contributed by atoms with Crippen LogP contribution in [-0.4, -0.2) is 14.1 Å². The summed E-state index contributed by atoms with van der Waals surface area (Å²) in [5, 5.41) is -2.50. The second kappa shape index (κ2) is 4.32. The van der Waals surface area contributed by atoms with E-state index < -0.39 is 51.4 Å². The molecule has 0 aliphatic carbocycles. The Morgan fingerprint density at radius 2 is 1.26 bits per heavy atom. The molecule has 0 fully saturated rings. The Morgan fingerprint density at radius 3 is 1.79 bits per heavy atom. The molecule has 2 aromatic carbocycles. The van der Waals surface area contributed by atoms with Crippen LogP contribution in [0.5, 0.6) is 0 Å². The van der Waals surface area contributed by atoms with Gasteiger partial charge in [0, 0.05) is 20.2 Å². The van der Waals surface area contributed by atoms with Crippen molar-refractivity contribution >= 4 is 16.5 Å². The first kappa shape index (κ1) is 13.5. The van der Waals surface area contributed by atoms with Crippen molar-refractivity contribution in [1.82, 2.24) is 0 Å². The molecule has 0 amide bonds. The van der Waals surface area contributed by atoms with E-state index in [9.17, 15) is 26.3 Å². The zero-order valence-electron chi connectivity index (χ0n) is 9.79. The molecule has 0 unspecified atom stereocenters. The highest BCUT2D eigenvalue weighted by Crippen LogP contribution is 2.36. The van der Waals surface area contributed by atoms with Gasteiger partial charge in [-0.05, 0) is 0 Å². The molecule has 0 aliphatic rings. The van der Waals surface area contributed by atoms with Crippen LogP contribution in [0, 0.1) is 34.9 Å². The molecule has 0 spiro atoms. The van der Waals surface area contributed by atoms with Crippen LogP contribution in [-0.2, 0) is 0 Å². The molecule has 2 rings (SSSR count). The Labute approximate surface area is 104 Å². The Bertz CT molecular complexity index is 680. The van der Waals surface area contributed by atoms with Gasteiger partial charge >= 0.3 is 0 Å². The van der Waals surface area contributed by atoms with Gasteiger partial charge in [-0.25, -0.2) is 26.3 Å². The van der Waals surface area contributed by atoms with Crippen molar-refractivity contribution in [2.24, 2.45) is 0 Å². The van der Waals surface area contributed by atoms with Crippen LogP contribution in [0.15, 0.2) is 6.07 Å². The highest BCUT2D eigenvalue weighted by Gasteiger charge is 2.27. The molecule has 0 bridgehead atoms. The molecule has 0 saturated carbocycles. The van der Waals surface area contributed by atoms with Crippen molar-refractivity contribution < 1.29 is 26.3 Å². The largest absolute Gasteiger partial charge is 0.373 e. The molecule has 0 heterocycles. The van der Waals surface area contributed by atoms with Gasteiger partial charge in [-0.2, -0.15) is 0 Å². The standard InChI is InChI=1S/C12H7F6N/c1-19(2)12-10(17)7-6(9(16)11(12)18)4(13)3-5(14)8(7)15/h3H,1-2H3. The predicted molar refractivity (Wildman–Crippen MR) is 58.0 cm³/mol. The van der Waals surface area contributed by atoms with Crippen LogP contribution in [0.2, 0.25) is 0 Å². The van der Waals surface area contributed by atoms with Crippen molar-refractivity contribution in [3.8, 4) is 0 Å². The van der Waals surface area contributed by atoms with E-state index in [1.807, 2.05) is 0 Å². The van der Waals surface area contributed by atoms with Crippen molar-refractivity contribution in [3.05, 3.63) is 41.0 Å². The Balaban J connectivity index is 3.12. The molecule has 7 heteroatoms. The van der Waals surface area contributed by atoms with Crippen LogP contribution < -0.4 is 4.90 Å². The summed E-state index contributed by atoms with van der Waals surface area (Å²) in [6.07, 6.45) is 0. The Morgan fingerprint density at radius 1 is 0.684 bits per heavy atom. The van der Waals surface area contributed by atoms with Gasteiger partial charge < -0.3 is 4.90 Å². The van der Waals surface area contributed by atoms with Gasteiger partial charge in [0.25, 0.3) is 0 Å². The summed E-state index contributed by atoms with van der Waals surface area (Å²) in [4.78, 5) is 0.843. The van der Waals surface area contributed by atoms with Gasteiger partial charge in [0.1, 0.15) is 11.5 Å². The van der Waals surface area contributed by atoms with Gasteiger partial charge in [0.15, 0.2) is 29.1 Å². The lowest BCUT2D eigenvalue weighted by Gasteiger charge is -2.17. The Kier molecular flexibility index (Phi) is 3.07. The first-order valence-corrected chi connectivity index (χ1v) is 5.08. The van der Waals surface area contributed by atoms with Crippen LogP contribution in [0.4, 0.5) is 32.0 Å². The third-order valence-corrected chi connectivity index (χ3v) is 2.67. The zero-order valence-corrected chi connectivity index (χ0v) is 9.79. The number of fused-ring (bicyclic) bond motifs is 1. The molecule has 0 aromatic heterocycles. The molecular weight excluding hydrogens is 272 g/mol. The van der Waals surface area contributed by atoms with Crippen LogP contribution in [0.3, 0.4) is 0 Å². The maximum Gasteiger partial charge on any atom is 0.185 e. The van der Waals surface area contributed by atoms with Gasteiger partial charge in [-0.1, -0.05) is 0 Å². The van der Waals surface area contributed by atoms with E-state index in [1.165, 1.54) is 14.1 Å². The maximum atomic E-state index is 14.0. The van der Waals surface area contributed by atoms with E-state index >= 15 is 0 Å². The minimum absolute atomic E-state index is 0.0367. The molecular formula is C12H7F6N. The van der Waals surface area contributed by atoms with Gasteiger partial charge in [-0.15, -0.1) is 0 Å². The molecule has 1 nitrogen and oxygen atoms in total. The average molecular weight is 279 g/mol. The fourth-order valence-electron chi connectivity index (χ4n) is 1.84. The van der Waals surface area contributed by atoms with Crippen molar-refractivity contribution in [2.45, 2.75) is 0 Å². The number of hydrogen-bond acceptors (Lipinski definition) is 1. The van der Waals surface area contributed by atoms with Crippen molar-refractivity contribution in [1.29, 1.82) is 0 Å². The summed E-state index contributed by atoms with van der Waals surface area (Å²) in [5.74, 6) is -10.0. The fourth-order valence-corrected chi connectivity index (χ4v) is 1.84. The first-order valence-electron chi connectivity index (χ1n) is 5.08. The minimum atomic E-state index is -1.77. The van der Waals surface area contributed by atoms with E-state index in [0.717, 1.165) is 4.90 Å². The summed E-state index contributed by atoms with van der Waals surface area (Å²) in [7, 11) is 2.36. The van der Waals surface area contributed by atoms with Crippen LogP contribution in [0.25, 0.3) is 10.8 Å². The fraction of sp³-hybridized carbons (Fsp3) is 0.167. The second-order valence-corrected chi connectivity index (χ2v) is 4.09. The monoisotopic (exact) mass is 279 g/mol. The molecule has 0 aliphatic heterocycles. The number of anilines is 1. The van der Waals surface area contributed by atoms with E-state index in [4.69, 9.17) is 0 Å². The molecule has 0 N–H and O–H groups in total. The highest BCUT2D eigenvalue weighted by atomic mass is 19.2. The molecule has 0 saturated heterocycles. The summed E-state index contributed by atoms with van der Waals surface area (Å²) in [6.45, 7) is 0. The number of rotatable bonds is 1. The number of benzene rings is 2. The van der Waals surface area contributed by atoms with Gasteiger partial charge in [-0.3, -0.25) is 0 Å². The average Bonchev–Trinajstić information content (AvgIpc) is 2.30. The molecule has 19 heavy (non-hydrogen) atoms. The van der Waals surface area contributed by atoms with E-state index in [0.29, 0.717) is 0 Å². The number of hydrogen-bond donors (Lipinski definition) is 0. The van der Waals surface area contributed by atoms with Crippen LogP contribution >= 0.6 is 0 Å². The zero-order chi connectivity index (χ0) is 14.5. The number of halogens is 6. The topological polar surface area (TPSA) is 3.24 Å². The molecule has 102 valence electrons. The lowest BCUT2D eigenvalue weighted by Crippen LogP contribution is -2.15. The van der Waals surface area contributed by atoms with Gasteiger partial charge in [0.2, 0.25) is 0 Å². The lowest BCUT2D eigenvalue weighted by molar-refractivity contribution is 0.482. The second-order valence-electron chi connectivity index (χ2n) is 4.09. The normalized spacial score (nSPS) is 11.2. The molecule has 2 aromatic rings. The SMILES string of the molecule is CN(C)c1c(F)c(F)c2c(F)cc(F)c(F)c2c1F. The quantitative estimate of drug-likeness (QED) is 0.568. The smallest absolute Gasteiger partial charge is 0.185 e. The van der Waals surface area contributed by atoms with Crippen molar-refractivity contribution in [3.63, 3.8) is 0 Å². The predicted octanol–water partition coefficient (Wildman–Crippen LogP) is 3.74. The van der Waals surface area contributed by atoms with Crippen LogP contribution in [0.1, 0.15) is 0 Å².